The molecule has 2 aromatic rings. The fraction of sp³-hybridized carbons (Fsp3) is 0.0833. The Hall–Kier alpha value is -2.44. The molecule has 4 N–H and O–H groups in total. The minimum absolute atomic E-state index is 0.0766. The molecule has 110 valence electrons. The zero-order valence-electron chi connectivity index (χ0n) is 10.5. The van der Waals surface area contributed by atoms with E-state index < -0.39 is 26.6 Å². The second-order valence-electron chi connectivity index (χ2n) is 3.86. The zero-order chi connectivity index (χ0) is 15.5. The van der Waals surface area contributed by atoms with Crippen LogP contribution in [-0.2, 0) is 10.0 Å². The molecule has 0 aliphatic rings. The van der Waals surface area contributed by atoms with E-state index >= 15 is 0 Å². The Bertz CT molecular complexity index is 808. The average molecular weight is 312 g/mol. The van der Waals surface area contributed by atoms with E-state index in [1.165, 1.54) is 12.4 Å². The Morgan fingerprint density at radius 1 is 1.38 bits per heavy atom. The summed E-state index contributed by atoms with van der Waals surface area (Å²) in [5.41, 5.74) is 4.98. The molecule has 1 aromatic carbocycles. The molecule has 9 heteroatoms. The summed E-state index contributed by atoms with van der Waals surface area (Å²) in [4.78, 5) is -0.744. The molecule has 21 heavy (non-hydrogen) atoms. The quantitative estimate of drug-likeness (QED) is 0.730. The highest BCUT2D eigenvalue weighted by Crippen LogP contribution is 2.23. The van der Waals surface area contributed by atoms with Crippen LogP contribution in [0.15, 0.2) is 29.4 Å². The standard InChI is InChI=1S/C12H10F2N4O2S/c13-9-4-8(2-1-3-15)12(11(14)5-9)21(19,20)18-10-6-16-17-7-10/h4-7,18H,3,15H2,(H,16,17). The van der Waals surface area contributed by atoms with Gasteiger partial charge < -0.3 is 5.73 Å². The van der Waals surface area contributed by atoms with Crippen molar-refractivity contribution >= 4 is 15.7 Å². The second kappa shape index (κ2) is 5.90. The molecule has 0 saturated heterocycles. The van der Waals surface area contributed by atoms with Crippen molar-refractivity contribution in [1.82, 2.24) is 10.2 Å². The van der Waals surface area contributed by atoms with Crippen LogP contribution in [0.2, 0.25) is 0 Å². The maximum Gasteiger partial charge on any atom is 0.266 e. The van der Waals surface area contributed by atoms with E-state index in [9.17, 15) is 17.2 Å². The Morgan fingerprint density at radius 3 is 2.76 bits per heavy atom. The lowest BCUT2D eigenvalue weighted by atomic mass is 10.2. The Balaban J connectivity index is 2.56. The lowest BCUT2D eigenvalue weighted by Crippen LogP contribution is -2.16. The number of benzene rings is 1. The molecule has 0 unspecified atom stereocenters. The lowest BCUT2D eigenvalue weighted by Gasteiger charge is -2.09. The number of nitrogens with one attached hydrogen (secondary N) is 2. The first-order valence-electron chi connectivity index (χ1n) is 5.63. The van der Waals surface area contributed by atoms with Crippen LogP contribution in [0.1, 0.15) is 5.56 Å². The first kappa shape index (κ1) is 15.0. The fourth-order valence-electron chi connectivity index (χ4n) is 1.59. The van der Waals surface area contributed by atoms with E-state index in [1.54, 1.807) is 0 Å². The first-order chi connectivity index (χ1) is 9.94. The van der Waals surface area contributed by atoms with Crippen molar-refractivity contribution in [2.45, 2.75) is 4.90 Å². The minimum Gasteiger partial charge on any atom is -0.320 e. The van der Waals surface area contributed by atoms with E-state index in [0.717, 1.165) is 6.07 Å². The largest absolute Gasteiger partial charge is 0.320 e. The van der Waals surface area contributed by atoms with Crippen LogP contribution in [0.4, 0.5) is 14.5 Å². The molecule has 0 amide bonds. The summed E-state index contributed by atoms with van der Waals surface area (Å²) in [5.74, 6) is 2.53. The molecule has 0 fully saturated rings. The molecule has 0 radical (unpaired) electrons. The molecule has 6 nitrogen and oxygen atoms in total. The summed E-state index contributed by atoms with van der Waals surface area (Å²) in [5, 5.41) is 5.96. The molecular weight excluding hydrogens is 302 g/mol. The van der Waals surface area contributed by atoms with E-state index in [-0.39, 0.29) is 17.8 Å². The third-order valence-corrected chi connectivity index (χ3v) is 3.81. The molecule has 0 aliphatic heterocycles. The van der Waals surface area contributed by atoms with Crippen LogP contribution in [0.25, 0.3) is 0 Å². The van der Waals surface area contributed by atoms with E-state index in [1.807, 2.05) is 0 Å². The van der Waals surface area contributed by atoms with Crippen LogP contribution in [0.3, 0.4) is 0 Å². The van der Waals surface area contributed by atoms with Gasteiger partial charge in [-0.25, -0.2) is 17.2 Å². The SMILES string of the molecule is NCC#Cc1cc(F)cc(F)c1S(=O)(=O)Nc1cn[nH]c1. The number of halogens is 2. The number of hydrogen-bond donors (Lipinski definition) is 3. The third kappa shape index (κ3) is 3.36. The number of aromatic nitrogens is 2. The van der Waals surface area contributed by atoms with E-state index in [4.69, 9.17) is 5.73 Å². The van der Waals surface area contributed by atoms with Crippen molar-refractivity contribution in [1.29, 1.82) is 0 Å². The van der Waals surface area contributed by atoms with Crippen molar-refractivity contribution in [2.75, 3.05) is 11.3 Å². The number of hydrogen-bond acceptors (Lipinski definition) is 4. The highest BCUT2D eigenvalue weighted by molar-refractivity contribution is 7.92. The average Bonchev–Trinajstić information content (AvgIpc) is 2.86. The summed E-state index contributed by atoms with van der Waals surface area (Å²) < 4.78 is 53.6. The number of rotatable bonds is 3. The van der Waals surface area contributed by atoms with Gasteiger partial charge in [0.15, 0.2) is 0 Å². The molecule has 1 aromatic heterocycles. The van der Waals surface area contributed by atoms with Gasteiger partial charge in [0.05, 0.1) is 24.0 Å². The monoisotopic (exact) mass is 312 g/mol. The summed E-state index contributed by atoms with van der Waals surface area (Å²) in [7, 11) is -4.29. The molecule has 1 heterocycles. The minimum atomic E-state index is -4.29. The molecule has 0 aliphatic carbocycles. The number of anilines is 1. The second-order valence-corrected chi connectivity index (χ2v) is 5.48. The normalized spacial score (nSPS) is 10.8. The molecule has 2 rings (SSSR count). The van der Waals surface area contributed by atoms with Gasteiger partial charge in [0.2, 0.25) is 0 Å². The summed E-state index contributed by atoms with van der Waals surface area (Å²) in [6.07, 6.45) is 2.47. The lowest BCUT2D eigenvalue weighted by molar-refractivity contribution is 0.550. The predicted molar refractivity (Wildman–Crippen MR) is 71.7 cm³/mol. The number of sulfonamides is 1. The van der Waals surface area contributed by atoms with Crippen molar-refractivity contribution in [2.24, 2.45) is 5.73 Å². The van der Waals surface area contributed by atoms with Gasteiger partial charge in [0.25, 0.3) is 10.0 Å². The molecule has 0 atom stereocenters. The maximum absolute atomic E-state index is 13.9. The van der Waals surface area contributed by atoms with E-state index in [2.05, 4.69) is 26.8 Å². The topological polar surface area (TPSA) is 101 Å². The van der Waals surface area contributed by atoms with Gasteiger partial charge in [-0.15, -0.1) is 0 Å². The van der Waals surface area contributed by atoms with Crippen LogP contribution in [-0.4, -0.2) is 25.2 Å². The highest BCUT2D eigenvalue weighted by atomic mass is 32.2. The highest BCUT2D eigenvalue weighted by Gasteiger charge is 2.24. The van der Waals surface area contributed by atoms with Gasteiger partial charge >= 0.3 is 0 Å². The van der Waals surface area contributed by atoms with Crippen molar-refractivity contribution in [3.8, 4) is 11.8 Å². The van der Waals surface area contributed by atoms with Crippen LogP contribution in [0.5, 0.6) is 0 Å². The maximum atomic E-state index is 13.9. The molecular formula is C12H10F2N4O2S. The first-order valence-corrected chi connectivity index (χ1v) is 7.12. The molecule has 0 spiro atoms. The Labute approximate surface area is 119 Å². The van der Waals surface area contributed by atoms with Gasteiger partial charge in [0, 0.05) is 12.3 Å². The summed E-state index contributed by atoms with van der Waals surface area (Å²) in [6, 6.07) is 1.30. The number of nitrogens with zero attached hydrogens (tertiary/aromatic N) is 1. The Morgan fingerprint density at radius 2 is 2.14 bits per heavy atom. The Kier molecular flexibility index (Phi) is 4.21. The van der Waals surface area contributed by atoms with E-state index in [0.29, 0.717) is 6.07 Å². The molecule has 0 saturated carbocycles. The van der Waals surface area contributed by atoms with Crippen LogP contribution >= 0.6 is 0 Å². The van der Waals surface area contributed by atoms with Crippen LogP contribution < -0.4 is 10.5 Å². The number of H-pyrrole nitrogens is 1. The predicted octanol–water partition coefficient (Wildman–Crippen LogP) is 0.799. The fourth-order valence-corrected chi connectivity index (χ4v) is 2.82. The molecule has 0 bridgehead atoms. The van der Waals surface area contributed by atoms with Gasteiger partial charge in [-0.05, 0) is 6.07 Å². The van der Waals surface area contributed by atoms with Crippen LogP contribution in [0, 0.1) is 23.5 Å². The van der Waals surface area contributed by atoms with Gasteiger partial charge in [-0.3, -0.25) is 9.82 Å². The van der Waals surface area contributed by atoms with Gasteiger partial charge in [-0.1, -0.05) is 11.8 Å². The van der Waals surface area contributed by atoms with Crippen molar-refractivity contribution < 1.29 is 17.2 Å². The zero-order valence-corrected chi connectivity index (χ0v) is 11.3. The summed E-state index contributed by atoms with van der Waals surface area (Å²) >= 11 is 0. The summed E-state index contributed by atoms with van der Waals surface area (Å²) in [6.45, 7) is -0.0766. The van der Waals surface area contributed by atoms with Gasteiger partial charge in [-0.2, -0.15) is 5.10 Å². The van der Waals surface area contributed by atoms with Gasteiger partial charge in [0.1, 0.15) is 16.5 Å². The third-order valence-electron chi connectivity index (χ3n) is 2.35. The number of aromatic amines is 1. The smallest absolute Gasteiger partial charge is 0.266 e. The number of nitrogens with two attached hydrogens (primary N) is 1. The van der Waals surface area contributed by atoms with Crippen molar-refractivity contribution in [3.63, 3.8) is 0 Å². The van der Waals surface area contributed by atoms with Crippen molar-refractivity contribution in [3.05, 3.63) is 41.7 Å².